The molecule has 0 radical (unpaired) electrons. The second-order valence-corrected chi connectivity index (χ2v) is 8.89. The van der Waals surface area contributed by atoms with Gasteiger partial charge < -0.3 is 20.4 Å². The molecule has 0 spiro atoms. The van der Waals surface area contributed by atoms with Gasteiger partial charge in [0.1, 0.15) is 0 Å². The van der Waals surface area contributed by atoms with Gasteiger partial charge in [-0.1, -0.05) is 53.5 Å². The first-order valence-corrected chi connectivity index (χ1v) is 11.6. The van der Waals surface area contributed by atoms with Crippen molar-refractivity contribution in [2.45, 2.75) is 0 Å². The molecule has 0 unspecified atom stereocenters. The second kappa shape index (κ2) is 9.84. The summed E-state index contributed by atoms with van der Waals surface area (Å²) in [5.74, 6) is 1.94. The highest BCUT2D eigenvalue weighted by atomic mass is 35.5. The van der Waals surface area contributed by atoms with Gasteiger partial charge in [0.15, 0.2) is 5.82 Å². The van der Waals surface area contributed by atoms with Crippen molar-refractivity contribution in [1.29, 1.82) is 0 Å². The van der Waals surface area contributed by atoms with Crippen molar-refractivity contribution in [2.75, 3.05) is 48.8 Å². The summed E-state index contributed by atoms with van der Waals surface area (Å²) in [6.07, 6.45) is 0. The molecule has 2 aromatic heterocycles. The third kappa shape index (κ3) is 5.39. The van der Waals surface area contributed by atoms with Gasteiger partial charge in [0.2, 0.25) is 17.8 Å². The Hall–Kier alpha value is -3.40. The number of H-pyrrole nitrogens is 1. The highest BCUT2D eigenvalue weighted by molar-refractivity contribution is 6.35. The fourth-order valence-corrected chi connectivity index (χ4v) is 4.17. The quantitative estimate of drug-likeness (QED) is 0.350. The fourth-order valence-electron chi connectivity index (χ4n) is 3.65. The number of hydrogen-bond donors (Lipinski definition) is 3. The standard InChI is InChI=1S/C23H23Cl2N9/c1-33-7-9-34(10-8-33)23-29-21(26-18-12-16(24)11-17(25)13-18)28-22(30-23)27-20-14-19(31-32-20)15-5-3-2-4-6-15/h2-6,11-14H,7-10H2,1H3,(H3,26,27,28,29,30,31,32). The van der Waals surface area contributed by atoms with E-state index in [4.69, 9.17) is 23.2 Å². The zero-order valence-corrected chi connectivity index (χ0v) is 20.0. The number of nitrogens with zero attached hydrogens (tertiary/aromatic N) is 6. The molecule has 1 saturated heterocycles. The van der Waals surface area contributed by atoms with Gasteiger partial charge in [-0.05, 0) is 30.8 Å². The maximum atomic E-state index is 6.16. The molecule has 174 valence electrons. The Morgan fingerprint density at radius 1 is 0.824 bits per heavy atom. The average Bonchev–Trinajstić information content (AvgIpc) is 3.28. The van der Waals surface area contributed by atoms with Gasteiger partial charge in [0.05, 0.1) is 5.69 Å². The van der Waals surface area contributed by atoms with Crippen LogP contribution in [0.4, 0.5) is 29.4 Å². The molecule has 1 aliphatic rings. The van der Waals surface area contributed by atoms with Crippen molar-refractivity contribution < 1.29 is 0 Å². The predicted molar refractivity (Wildman–Crippen MR) is 137 cm³/mol. The van der Waals surface area contributed by atoms with Crippen LogP contribution in [0.15, 0.2) is 54.6 Å². The van der Waals surface area contributed by atoms with E-state index >= 15 is 0 Å². The summed E-state index contributed by atoms with van der Waals surface area (Å²) in [7, 11) is 2.11. The predicted octanol–water partition coefficient (Wildman–Crippen LogP) is 4.81. The van der Waals surface area contributed by atoms with E-state index in [1.807, 2.05) is 36.4 Å². The van der Waals surface area contributed by atoms with E-state index < -0.39 is 0 Å². The normalized spacial score (nSPS) is 14.3. The maximum Gasteiger partial charge on any atom is 0.235 e. The number of aromatic amines is 1. The molecule has 2 aromatic carbocycles. The first-order valence-electron chi connectivity index (χ1n) is 10.8. The molecule has 0 atom stereocenters. The van der Waals surface area contributed by atoms with Crippen LogP contribution in [-0.2, 0) is 0 Å². The molecule has 3 heterocycles. The van der Waals surface area contributed by atoms with Crippen molar-refractivity contribution >= 4 is 52.6 Å². The van der Waals surface area contributed by atoms with Crippen molar-refractivity contribution in [3.8, 4) is 11.3 Å². The van der Waals surface area contributed by atoms with Crippen LogP contribution in [0, 0.1) is 0 Å². The fraction of sp³-hybridized carbons (Fsp3) is 0.217. The van der Waals surface area contributed by atoms with Gasteiger partial charge in [-0.3, -0.25) is 5.10 Å². The number of likely N-dealkylation sites (N-methyl/N-ethyl adjacent to an activating group) is 1. The summed E-state index contributed by atoms with van der Waals surface area (Å²) < 4.78 is 0. The highest BCUT2D eigenvalue weighted by Crippen LogP contribution is 2.26. The zero-order valence-electron chi connectivity index (χ0n) is 18.5. The Balaban J connectivity index is 1.44. The van der Waals surface area contributed by atoms with Crippen LogP contribution >= 0.6 is 23.2 Å². The van der Waals surface area contributed by atoms with Crippen molar-refractivity contribution in [2.24, 2.45) is 0 Å². The molecule has 0 amide bonds. The molecule has 11 heteroatoms. The Bertz CT molecular complexity index is 1250. The molecule has 0 bridgehead atoms. The summed E-state index contributed by atoms with van der Waals surface area (Å²) in [6, 6.07) is 17.1. The van der Waals surface area contributed by atoms with E-state index in [0.717, 1.165) is 37.4 Å². The van der Waals surface area contributed by atoms with Crippen LogP contribution in [0.1, 0.15) is 0 Å². The number of anilines is 5. The van der Waals surface area contributed by atoms with Crippen LogP contribution in [-0.4, -0.2) is 63.3 Å². The van der Waals surface area contributed by atoms with Gasteiger partial charge in [-0.15, -0.1) is 0 Å². The highest BCUT2D eigenvalue weighted by Gasteiger charge is 2.19. The summed E-state index contributed by atoms with van der Waals surface area (Å²) in [6.45, 7) is 3.51. The first kappa shape index (κ1) is 22.4. The number of aromatic nitrogens is 5. The van der Waals surface area contributed by atoms with Gasteiger partial charge >= 0.3 is 0 Å². The summed E-state index contributed by atoms with van der Waals surface area (Å²) in [5.41, 5.74) is 2.62. The average molecular weight is 496 g/mol. The second-order valence-electron chi connectivity index (χ2n) is 8.01. The SMILES string of the molecule is CN1CCN(c2nc(Nc3cc(Cl)cc(Cl)c3)nc(Nc3cc(-c4ccccc4)[nH]n3)n2)CC1. The topological polar surface area (TPSA) is 97.9 Å². The number of nitrogens with one attached hydrogen (secondary N) is 3. The molecule has 0 saturated carbocycles. The molecule has 1 fully saturated rings. The molecule has 3 N–H and O–H groups in total. The molecule has 9 nitrogen and oxygen atoms in total. The van der Waals surface area contributed by atoms with E-state index in [2.05, 4.69) is 52.6 Å². The Morgan fingerprint density at radius 2 is 1.50 bits per heavy atom. The van der Waals surface area contributed by atoms with Gasteiger partial charge in [-0.2, -0.15) is 20.1 Å². The minimum atomic E-state index is 0.378. The zero-order chi connectivity index (χ0) is 23.5. The molecular weight excluding hydrogens is 473 g/mol. The lowest BCUT2D eigenvalue weighted by Gasteiger charge is -2.32. The van der Waals surface area contributed by atoms with Crippen LogP contribution in [0.25, 0.3) is 11.3 Å². The van der Waals surface area contributed by atoms with Gasteiger partial charge in [0, 0.05) is 48.0 Å². The summed E-state index contributed by atoms with van der Waals surface area (Å²) in [5, 5.41) is 14.8. The van der Waals surface area contributed by atoms with Gasteiger partial charge in [0.25, 0.3) is 0 Å². The minimum Gasteiger partial charge on any atom is -0.338 e. The number of halogens is 2. The summed E-state index contributed by atoms with van der Waals surface area (Å²) >= 11 is 12.3. The van der Waals surface area contributed by atoms with Crippen molar-refractivity contribution in [3.63, 3.8) is 0 Å². The van der Waals surface area contributed by atoms with E-state index in [1.165, 1.54) is 0 Å². The Morgan fingerprint density at radius 3 is 2.21 bits per heavy atom. The Kier molecular flexibility index (Phi) is 6.48. The number of piperazine rings is 1. The maximum absolute atomic E-state index is 6.16. The lowest BCUT2D eigenvalue weighted by atomic mass is 10.2. The lowest BCUT2D eigenvalue weighted by molar-refractivity contribution is 0.311. The largest absolute Gasteiger partial charge is 0.338 e. The third-order valence-corrected chi connectivity index (χ3v) is 5.87. The molecular formula is C23H23Cl2N9. The number of hydrogen-bond acceptors (Lipinski definition) is 8. The smallest absolute Gasteiger partial charge is 0.235 e. The lowest BCUT2D eigenvalue weighted by Crippen LogP contribution is -2.45. The monoisotopic (exact) mass is 495 g/mol. The third-order valence-electron chi connectivity index (χ3n) is 5.43. The van der Waals surface area contributed by atoms with Crippen LogP contribution < -0.4 is 15.5 Å². The van der Waals surface area contributed by atoms with E-state index in [-0.39, 0.29) is 0 Å². The van der Waals surface area contributed by atoms with Crippen LogP contribution in [0.2, 0.25) is 10.0 Å². The Labute approximate surface area is 207 Å². The molecule has 1 aliphatic heterocycles. The van der Waals surface area contributed by atoms with Crippen molar-refractivity contribution in [1.82, 2.24) is 30.0 Å². The van der Waals surface area contributed by atoms with E-state index in [9.17, 15) is 0 Å². The molecule has 5 rings (SSSR count). The van der Waals surface area contributed by atoms with Crippen LogP contribution in [0.5, 0.6) is 0 Å². The first-order chi connectivity index (χ1) is 16.5. The van der Waals surface area contributed by atoms with Crippen LogP contribution in [0.3, 0.4) is 0 Å². The minimum absolute atomic E-state index is 0.378. The summed E-state index contributed by atoms with van der Waals surface area (Å²) in [4.78, 5) is 18.3. The van der Waals surface area contributed by atoms with Crippen molar-refractivity contribution in [3.05, 3.63) is 64.6 Å². The number of rotatable bonds is 6. The van der Waals surface area contributed by atoms with Gasteiger partial charge in [-0.25, -0.2) is 0 Å². The molecule has 4 aromatic rings. The van der Waals surface area contributed by atoms with E-state index in [0.29, 0.717) is 39.4 Å². The molecule has 0 aliphatic carbocycles. The number of benzene rings is 2. The molecule has 34 heavy (non-hydrogen) atoms. The van der Waals surface area contributed by atoms with E-state index in [1.54, 1.807) is 18.2 Å².